The molecule has 0 aliphatic carbocycles. The van der Waals surface area contributed by atoms with Crippen molar-refractivity contribution in [2.45, 2.75) is 19.6 Å². The Bertz CT molecular complexity index is 454. The van der Waals surface area contributed by atoms with Gasteiger partial charge in [0.05, 0.1) is 7.11 Å². The van der Waals surface area contributed by atoms with Crippen LogP contribution < -0.4 is 4.74 Å². The molecule has 1 aromatic rings. The maximum absolute atomic E-state index is 12.9. The van der Waals surface area contributed by atoms with Crippen LogP contribution in [0, 0.1) is 0 Å². The first-order valence-corrected chi connectivity index (χ1v) is 8.26. The smallest absolute Gasteiger partial charge is 0.351 e. The molecule has 0 aliphatic heterocycles. The third-order valence-electron chi connectivity index (χ3n) is 3.36. The number of nitrogens with zero attached hydrogens (tertiary/aromatic N) is 1. The highest BCUT2D eigenvalue weighted by Gasteiger charge is 2.39. The fourth-order valence-corrected chi connectivity index (χ4v) is 4.04. The minimum atomic E-state index is -3.26. The SMILES string of the molecule is CCN(CC)C(c1cccc(OC)c1)P(=O)(OC)OC. The van der Waals surface area contributed by atoms with Gasteiger partial charge in [-0.1, -0.05) is 26.0 Å². The average Bonchev–Trinajstić information content (AvgIpc) is 2.51. The molecule has 1 atom stereocenters. The predicted molar refractivity (Wildman–Crippen MR) is 80.3 cm³/mol. The summed E-state index contributed by atoms with van der Waals surface area (Å²) in [5.41, 5.74) is 0.861. The quantitative estimate of drug-likeness (QED) is 0.688. The Morgan fingerprint density at radius 2 is 1.75 bits per heavy atom. The van der Waals surface area contributed by atoms with E-state index in [0.717, 1.165) is 24.4 Å². The summed E-state index contributed by atoms with van der Waals surface area (Å²) in [6.45, 7) is 5.53. The van der Waals surface area contributed by atoms with Crippen molar-refractivity contribution in [2.75, 3.05) is 34.4 Å². The zero-order chi connectivity index (χ0) is 15.2. The molecule has 20 heavy (non-hydrogen) atoms. The molecule has 114 valence electrons. The van der Waals surface area contributed by atoms with Crippen molar-refractivity contribution in [3.8, 4) is 5.75 Å². The standard InChI is InChI=1S/C14H24NO4P/c1-6-15(7-2)14(20(16,18-4)19-5)12-9-8-10-13(11-12)17-3/h8-11,14H,6-7H2,1-5H3. The lowest BCUT2D eigenvalue weighted by atomic mass is 10.2. The molecular formula is C14H24NO4P. The molecule has 1 rings (SSSR count). The summed E-state index contributed by atoms with van der Waals surface area (Å²) >= 11 is 0. The van der Waals surface area contributed by atoms with Crippen LogP contribution >= 0.6 is 7.60 Å². The zero-order valence-corrected chi connectivity index (χ0v) is 13.7. The molecule has 1 aromatic carbocycles. The van der Waals surface area contributed by atoms with Crippen LogP contribution in [-0.4, -0.2) is 39.3 Å². The second-order valence-electron chi connectivity index (χ2n) is 4.28. The van der Waals surface area contributed by atoms with Gasteiger partial charge < -0.3 is 13.8 Å². The minimum Gasteiger partial charge on any atom is -0.497 e. The Morgan fingerprint density at radius 1 is 1.15 bits per heavy atom. The molecule has 0 N–H and O–H groups in total. The van der Waals surface area contributed by atoms with Crippen molar-refractivity contribution in [1.82, 2.24) is 4.90 Å². The van der Waals surface area contributed by atoms with E-state index in [0.29, 0.717) is 0 Å². The Labute approximate surface area is 121 Å². The summed E-state index contributed by atoms with van der Waals surface area (Å²) in [4.78, 5) is 2.06. The van der Waals surface area contributed by atoms with E-state index in [2.05, 4.69) is 4.90 Å². The Balaban J connectivity index is 3.32. The lowest BCUT2D eigenvalue weighted by Gasteiger charge is -2.33. The van der Waals surface area contributed by atoms with Crippen molar-refractivity contribution in [3.05, 3.63) is 29.8 Å². The molecule has 0 heterocycles. The average molecular weight is 301 g/mol. The van der Waals surface area contributed by atoms with E-state index in [1.807, 2.05) is 38.1 Å². The third kappa shape index (κ3) is 3.61. The van der Waals surface area contributed by atoms with E-state index < -0.39 is 13.4 Å². The molecule has 1 unspecified atom stereocenters. The summed E-state index contributed by atoms with van der Waals surface area (Å²) in [5, 5.41) is 0. The van der Waals surface area contributed by atoms with E-state index in [4.69, 9.17) is 13.8 Å². The van der Waals surface area contributed by atoms with Gasteiger partial charge in [-0.15, -0.1) is 0 Å². The van der Waals surface area contributed by atoms with Crippen LogP contribution in [0.25, 0.3) is 0 Å². The first-order chi connectivity index (χ1) is 9.56. The minimum absolute atomic E-state index is 0.442. The van der Waals surface area contributed by atoms with Crippen molar-refractivity contribution in [2.24, 2.45) is 0 Å². The number of benzene rings is 1. The number of methoxy groups -OCH3 is 1. The van der Waals surface area contributed by atoms with Gasteiger partial charge in [0.1, 0.15) is 11.5 Å². The molecule has 0 bridgehead atoms. The van der Waals surface area contributed by atoms with E-state index in [1.165, 1.54) is 14.2 Å². The van der Waals surface area contributed by atoms with E-state index in [1.54, 1.807) is 7.11 Å². The van der Waals surface area contributed by atoms with Crippen LogP contribution in [0.3, 0.4) is 0 Å². The largest absolute Gasteiger partial charge is 0.497 e. The van der Waals surface area contributed by atoms with Crippen LogP contribution in [0.5, 0.6) is 5.75 Å². The number of ether oxygens (including phenoxy) is 1. The molecule has 5 nitrogen and oxygen atoms in total. The molecule has 0 amide bonds. The summed E-state index contributed by atoms with van der Waals surface area (Å²) < 4.78 is 28.6. The summed E-state index contributed by atoms with van der Waals surface area (Å²) in [6, 6.07) is 7.51. The van der Waals surface area contributed by atoms with Crippen LogP contribution in [0.2, 0.25) is 0 Å². The fourth-order valence-electron chi connectivity index (χ4n) is 2.24. The number of hydrogen-bond acceptors (Lipinski definition) is 5. The highest BCUT2D eigenvalue weighted by Crippen LogP contribution is 2.61. The monoisotopic (exact) mass is 301 g/mol. The van der Waals surface area contributed by atoms with Gasteiger partial charge in [0.2, 0.25) is 0 Å². The van der Waals surface area contributed by atoms with Crippen LogP contribution in [0.1, 0.15) is 25.2 Å². The van der Waals surface area contributed by atoms with Crippen LogP contribution in [0.4, 0.5) is 0 Å². The molecule has 0 spiro atoms. The molecule has 0 aliphatic rings. The molecule has 0 radical (unpaired) electrons. The third-order valence-corrected chi connectivity index (χ3v) is 5.60. The lowest BCUT2D eigenvalue weighted by Crippen LogP contribution is -2.29. The van der Waals surface area contributed by atoms with Gasteiger partial charge >= 0.3 is 7.60 Å². The first kappa shape index (κ1) is 17.2. The first-order valence-electron chi connectivity index (χ1n) is 6.65. The second-order valence-corrected chi connectivity index (χ2v) is 6.58. The second kappa shape index (κ2) is 7.79. The molecule has 0 fully saturated rings. The summed E-state index contributed by atoms with van der Waals surface area (Å²) in [7, 11) is 1.18. The van der Waals surface area contributed by atoms with Gasteiger partial charge in [0.25, 0.3) is 0 Å². The van der Waals surface area contributed by atoms with Crippen molar-refractivity contribution in [3.63, 3.8) is 0 Å². The van der Waals surface area contributed by atoms with E-state index in [9.17, 15) is 4.57 Å². The van der Waals surface area contributed by atoms with E-state index in [-0.39, 0.29) is 0 Å². The Morgan fingerprint density at radius 3 is 2.20 bits per heavy atom. The highest BCUT2D eigenvalue weighted by atomic mass is 31.2. The Kier molecular flexibility index (Phi) is 6.69. The van der Waals surface area contributed by atoms with Gasteiger partial charge in [-0.25, -0.2) is 0 Å². The lowest BCUT2D eigenvalue weighted by molar-refractivity contribution is 0.199. The number of hydrogen-bond donors (Lipinski definition) is 0. The predicted octanol–water partition coefficient (Wildman–Crippen LogP) is 3.52. The maximum Gasteiger partial charge on any atom is 0.351 e. The van der Waals surface area contributed by atoms with Gasteiger partial charge in [-0.2, -0.15) is 0 Å². The summed E-state index contributed by atoms with van der Waals surface area (Å²) in [5.74, 6) is 0.279. The van der Waals surface area contributed by atoms with Crippen LogP contribution in [0.15, 0.2) is 24.3 Å². The molecular weight excluding hydrogens is 277 g/mol. The fraction of sp³-hybridized carbons (Fsp3) is 0.571. The topological polar surface area (TPSA) is 48.0 Å². The van der Waals surface area contributed by atoms with Crippen molar-refractivity contribution < 1.29 is 18.3 Å². The summed E-state index contributed by atoms with van der Waals surface area (Å²) in [6.07, 6.45) is 0. The normalized spacial score (nSPS) is 13.5. The number of rotatable bonds is 8. The van der Waals surface area contributed by atoms with Crippen molar-refractivity contribution >= 4 is 7.60 Å². The van der Waals surface area contributed by atoms with Gasteiger partial charge in [-0.05, 0) is 30.8 Å². The Hall–Kier alpha value is -0.870. The highest BCUT2D eigenvalue weighted by molar-refractivity contribution is 7.54. The van der Waals surface area contributed by atoms with Gasteiger partial charge in [0, 0.05) is 14.2 Å². The molecule has 0 saturated heterocycles. The van der Waals surface area contributed by atoms with Crippen LogP contribution in [-0.2, 0) is 13.6 Å². The molecule has 6 heteroatoms. The zero-order valence-electron chi connectivity index (χ0n) is 12.8. The van der Waals surface area contributed by atoms with Crippen molar-refractivity contribution in [1.29, 1.82) is 0 Å². The van der Waals surface area contributed by atoms with Gasteiger partial charge in [-0.3, -0.25) is 9.46 Å². The maximum atomic E-state index is 12.9. The molecule has 0 aromatic heterocycles. The molecule has 0 saturated carbocycles. The van der Waals surface area contributed by atoms with E-state index >= 15 is 0 Å². The van der Waals surface area contributed by atoms with Gasteiger partial charge in [0.15, 0.2) is 0 Å².